The zero-order valence-electron chi connectivity index (χ0n) is 14.4. The predicted octanol–water partition coefficient (Wildman–Crippen LogP) is 4.65. The maximum Gasteiger partial charge on any atom is 0.277 e. The number of carbonyl (C=O) groups is 1. The van der Waals surface area contributed by atoms with E-state index in [9.17, 15) is 4.79 Å². The van der Waals surface area contributed by atoms with Crippen molar-refractivity contribution < 1.29 is 13.6 Å². The minimum atomic E-state index is -0.101. The van der Waals surface area contributed by atoms with Crippen LogP contribution in [-0.4, -0.2) is 21.9 Å². The van der Waals surface area contributed by atoms with E-state index in [4.69, 9.17) is 20.4 Å². The summed E-state index contributed by atoms with van der Waals surface area (Å²) in [4.78, 5) is 12.3. The van der Waals surface area contributed by atoms with Gasteiger partial charge in [0, 0.05) is 5.02 Å². The highest BCUT2D eigenvalue weighted by molar-refractivity contribution is 7.99. The van der Waals surface area contributed by atoms with Crippen LogP contribution in [-0.2, 0) is 4.79 Å². The lowest BCUT2D eigenvalue weighted by Crippen LogP contribution is -2.29. The lowest BCUT2D eigenvalue weighted by molar-refractivity contribution is -0.119. The van der Waals surface area contributed by atoms with Crippen LogP contribution in [0, 0.1) is 6.92 Å². The molecule has 0 radical (unpaired) electrons. The minimum absolute atomic E-state index is 0.0628. The molecule has 136 valence electrons. The van der Waals surface area contributed by atoms with Crippen LogP contribution in [0.5, 0.6) is 0 Å². The molecule has 1 unspecified atom stereocenters. The number of aryl methyl sites for hydroxylation is 1. The lowest BCUT2D eigenvalue weighted by Gasteiger charge is -2.17. The first-order valence-electron chi connectivity index (χ1n) is 8.12. The van der Waals surface area contributed by atoms with Crippen molar-refractivity contribution in [3.8, 4) is 11.5 Å². The van der Waals surface area contributed by atoms with E-state index < -0.39 is 0 Å². The number of nitrogens with zero attached hydrogens (tertiary/aromatic N) is 2. The van der Waals surface area contributed by atoms with Crippen molar-refractivity contribution in [1.82, 2.24) is 15.5 Å². The summed E-state index contributed by atoms with van der Waals surface area (Å²) in [5.41, 5.74) is 1.77. The van der Waals surface area contributed by atoms with Crippen molar-refractivity contribution in [1.29, 1.82) is 0 Å². The number of carbonyl (C=O) groups excluding carboxylic acids is 1. The van der Waals surface area contributed by atoms with E-state index in [0.29, 0.717) is 21.9 Å². The van der Waals surface area contributed by atoms with Crippen LogP contribution in [0.3, 0.4) is 0 Å². The van der Waals surface area contributed by atoms with E-state index in [0.717, 1.165) is 17.5 Å². The zero-order valence-corrected chi connectivity index (χ0v) is 15.9. The van der Waals surface area contributed by atoms with Gasteiger partial charge >= 0.3 is 0 Å². The van der Waals surface area contributed by atoms with Gasteiger partial charge in [0.05, 0.1) is 23.6 Å². The Hall–Kier alpha value is -2.25. The number of nitrogens with one attached hydrogen (secondary N) is 1. The molecule has 0 saturated heterocycles. The Labute approximate surface area is 160 Å². The molecule has 0 aliphatic carbocycles. The van der Waals surface area contributed by atoms with E-state index in [1.54, 1.807) is 12.3 Å². The van der Waals surface area contributed by atoms with Crippen molar-refractivity contribution in [2.75, 3.05) is 5.75 Å². The summed E-state index contributed by atoms with van der Waals surface area (Å²) in [6.07, 6.45) is 2.35. The van der Waals surface area contributed by atoms with Gasteiger partial charge in [-0.3, -0.25) is 4.79 Å². The average molecular weight is 392 g/mol. The van der Waals surface area contributed by atoms with E-state index in [1.807, 2.05) is 38.1 Å². The van der Waals surface area contributed by atoms with Gasteiger partial charge in [-0.15, -0.1) is 10.2 Å². The zero-order chi connectivity index (χ0) is 18.5. The Morgan fingerprint density at radius 3 is 2.69 bits per heavy atom. The molecule has 0 spiro atoms. The number of benzene rings is 1. The number of amides is 1. The molecular formula is C18H18ClN3O3S. The molecule has 0 aliphatic heterocycles. The standard InChI is InChI=1S/C18H18ClN3O3S/c1-3-15(12-4-6-13(19)7-5-12)20-16(23)10-26-18-22-21-17(25-18)14-8-9-24-11(14)2/h4-9,15H,3,10H2,1-2H3,(H,20,23). The third-order valence-electron chi connectivity index (χ3n) is 3.84. The van der Waals surface area contributed by atoms with Gasteiger partial charge in [0.2, 0.25) is 5.91 Å². The van der Waals surface area contributed by atoms with E-state index in [2.05, 4.69) is 15.5 Å². The van der Waals surface area contributed by atoms with Crippen LogP contribution in [0.1, 0.15) is 30.7 Å². The first kappa shape index (κ1) is 18.5. The summed E-state index contributed by atoms with van der Waals surface area (Å²) in [6.45, 7) is 3.84. The van der Waals surface area contributed by atoms with Crippen molar-refractivity contribution >= 4 is 29.3 Å². The topological polar surface area (TPSA) is 81.2 Å². The molecular weight excluding hydrogens is 374 g/mol. The van der Waals surface area contributed by atoms with Crippen LogP contribution < -0.4 is 5.32 Å². The molecule has 3 aromatic rings. The first-order valence-corrected chi connectivity index (χ1v) is 9.48. The van der Waals surface area contributed by atoms with Crippen LogP contribution in [0.15, 0.2) is 50.7 Å². The van der Waals surface area contributed by atoms with E-state index >= 15 is 0 Å². The summed E-state index contributed by atoms with van der Waals surface area (Å²) in [5.74, 6) is 1.18. The molecule has 0 aliphatic rings. The van der Waals surface area contributed by atoms with Crippen molar-refractivity contribution in [3.63, 3.8) is 0 Å². The fourth-order valence-electron chi connectivity index (χ4n) is 2.46. The third-order valence-corrected chi connectivity index (χ3v) is 4.91. The molecule has 0 bridgehead atoms. The molecule has 0 fully saturated rings. The molecule has 3 rings (SSSR count). The van der Waals surface area contributed by atoms with E-state index in [1.165, 1.54) is 11.8 Å². The van der Waals surface area contributed by atoms with Gasteiger partial charge < -0.3 is 14.2 Å². The van der Waals surface area contributed by atoms with Gasteiger partial charge in [-0.1, -0.05) is 42.4 Å². The SMILES string of the molecule is CCC(NC(=O)CSc1nnc(-c2ccoc2C)o1)c1ccc(Cl)cc1. The number of rotatable bonds is 7. The molecule has 1 aromatic carbocycles. The summed E-state index contributed by atoms with van der Waals surface area (Å²) < 4.78 is 10.8. The van der Waals surface area contributed by atoms with Gasteiger partial charge in [0.1, 0.15) is 5.76 Å². The quantitative estimate of drug-likeness (QED) is 0.590. The molecule has 26 heavy (non-hydrogen) atoms. The fraction of sp³-hybridized carbons (Fsp3) is 0.278. The van der Waals surface area contributed by atoms with Crippen molar-refractivity contribution in [2.45, 2.75) is 31.5 Å². The van der Waals surface area contributed by atoms with Crippen molar-refractivity contribution in [3.05, 3.63) is 52.9 Å². The van der Waals surface area contributed by atoms with E-state index in [-0.39, 0.29) is 17.7 Å². The molecule has 1 amide bonds. The summed E-state index contributed by atoms with van der Waals surface area (Å²) in [5, 5.41) is 12.0. The third kappa shape index (κ3) is 4.47. The lowest BCUT2D eigenvalue weighted by atomic mass is 10.0. The number of thioether (sulfide) groups is 1. The molecule has 2 aromatic heterocycles. The molecule has 6 nitrogen and oxygen atoms in total. The Morgan fingerprint density at radius 1 is 1.27 bits per heavy atom. The van der Waals surface area contributed by atoms with Crippen LogP contribution >= 0.6 is 23.4 Å². The highest BCUT2D eigenvalue weighted by Gasteiger charge is 2.16. The van der Waals surface area contributed by atoms with Gasteiger partial charge in [0.25, 0.3) is 11.1 Å². The second kappa shape index (κ2) is 8.42. The number of hydrogen-bond acceptors (Lipinski definition) is 6. The van der Waals surface area contributed by atoms with Gasteiger partial charge in [-0.2, -0.15) is 0 Å². The number of halogens is 1. The Balaban J connectivity index is 1.56. The highest BCUT2D eigenvalue weighted by atomic mass is 35.5. The van der Waals surface area contributed by atoms with Crippen LogP contribution in [0.2, 0.25) is 5.02 Å². The van der Waals surface area contributed by atoms with Crippen molar-refractivity contribution in [2.24, 2.45) is 0 Å². The maximum absolute atomic E-state index is 12.3. The van der Waals surface area contributed by atoms with Crippen LogP contribution in [0.4, 0.5) is 0 Å². The predicted molar refractivity (Wildman–Crippen MR) is 100 cm³/mol. The molecule has 8 heteroatoms. The summed E-state index contributed by atoms with van der Waals surface area (Å²) in [7, 11) is 0. The highest BCUT2D eigenvalue weighted by Crippen LogP contribution is 2.26. The molecule has 0 saturated carbocycles. The second-order valence-corrected chi connectivity index (χ2v) is 7.00. The Bertz CT molecular complexity index is 876. The average Bonchev–Trinajstić information content (AvgIpc) is 3.27. The Kier molecular flexibility index (Phi) is 6.00. The molecule has 1 atom stereocenters. The normalized spacial score (nSPS) is 12.1. The first-order chi connectivity index (χ1) is 12.6. The summed E-state index contributed by atoms with van der Waals surface area (Å²) >= 11 is 7.11. The fourth-order valence-corrected chi connectivity index (χ4v) is 3.16. The molecule has 2 heterocycles. The largest absolute Gasteiger partial charge is 0.469 e. The van der Waals surface area contributed by atoms with Gasteiger partial charge in [0.15, 0.2) is 0 Å². The number of furan rings is 1. The summed E-state index contributed by atoms with van der Waals surface area (Å²) in [6, 6.07) is 9.17. The number of hydrogen-bond donors (Lipinski definition) is 1. The van der Waals surface area contributed by atoms with Gasteiger partial charge in [-0.05, 0) is 37.1 Å². The smallest absolute Gasteiger partial charge is 0.277 e. The van der Waals surface area contributed by atoms with Crippen LogP contribution in [0.25, 0.3) is 11.5 Å². The van der Waals surface area contributed by atoms with Gasteiger partial charge in [-0.25, -0.2) is 0 Å². The maximum atomic E-state index is 12.3. The number of aromatic nitrogens is 2. The minimum Gasteiger partial charge on any atom is -0.469 e. The Morgan fingerprint density at radius 2 is 2.04 bits per heavy atom. The monoisotopic (exact) mass is 391 g/mol. The second-order valence-electron chi connectivity index (χ2n) is 5.63. The molecule has 1 N–H and O–H groups in total.